The molecule has 2 amide bonds. The van der Waals surface area contributed by atoms with E-state index in [1.54, 1.807) is 36.4 Å². The molecule has 0 saturated carbocycles. The summed E-state index contributed by atoms with van der Waals surface area (Å²) in [6.07, 6.45) is 0. The molecule has 0 aromatic heterocycles. The van der Waals surface area contributed by atoms with Crippen molar-refractivity contribution < 1.29 is 19.1 Å². The lowest BCUT2D eigenvalue weighted by molar-refractivity contribution is -0.132. The Morgan fingerprint density at radius 2 is 1.57 bits per heavy atom. The fraction of sp³-hybridized carbons (Fsp3) is 0.125. The van der Waals surface area contributed by atoms with Crippen LogP contribution in [0.4, 0.5) is 11.4 Å². The number of amides is 2. The van der Waals surface area contributed by atoms with Crippen molar-refractivity contribution in [1.29, 1.82) is 0 Å². The lowest BCUT2D eigenvalue weighted by atomic mass is 10.2. The monoisotopic (exact) mass is 376 g/mol. The molecule has 2 N–H and O–H groups in total. The molecule has 1 heterocycles. The highest BCUT2D eigenvalue weighted by Gasteiger charge is 2.17. The summed E-state index contributed by atoms with van der Waals surface area (Å²) in [7, 11) is 0. The van der Waals surface area contributed by atoms with Gasteiger partial charge >= 0.3 is 11.8 Å². The molecule has 1 aliphatic heterocycles. The number of carbonyl (C=O) groups is 2. The number of fused-ring (bicyclic) bond motifs is 1. The Kier molecular flexibility index (Phi) is 4.20. The molecule has 7 heteroatoms. The van der Waals surface area contributed by atoms with Crippen molar-refractivity contribution in [2.24, 2.45) is 0 Å². The van der Waals surface area contributed by atoms with Crippen LogP contribution in [0.25, 0.3) is 0 Å². The Morgan fingerprint density at radius 1 is 0.957 bits per heavy atom. The molecule has 0 unspecified atom stereocenters. The van der Waals surface area contributed by atoms with Crippen LogP contribution >= 0.6 is 15.9 Å². The molecule has 2 aromatic carbocycles. The predicted molar refractivity (Wildman–Crippen MR) is 88.7 cm³/mol. The summed E-state index contributed by atoms with van der Waals surface area (Å²) in [5.74, 6) is -0.363. The van der Waals surface area contributed by atoms with Gasteiger partial charge < -0.3 is 20.1 Å². The normalized spacial score (nSPS) is 11.9. The smallest absolute Gasteiger partial charge is 0.314 e. The molecule has 6 nitrogen and oxygen atoms in total. The van der Waals surface area contributed by atoms with Gasteiger partial charge in [-0.25, -0.2) is 0 Å². The summed E-state index contributed by atoms with van der Waals surface area (Å²) in [5, 5.41) is 5.08. The van der Waals surface area contributed by atoms with Crippen LogP contribution in [0.2, 0.25) is 0 Å². The van der Waals surface area contributed by atoms with E-state index in [2.05, 4.69) is 26.6 Å². The zero-order chi connectivity index (χ0) is 16.4. The highest BCUT2D eigenvalue weighted by Crippen LogP contribution is 2.34. The van der Waals surface area contributed by atoms with Crippen LogP contribution in [0.3, 0.4) is 0 Å². The number of anilines is 2. The maximum absolute atomic E-state index is 12.0. The van der Waals surface area contributed by atoms with E-state index in [9.17, 15) is 9.59 Å². The minimum atomic E-state index is -0.760. The van der Waals surface area contributed by atoms with Gasteiger partial charge in [-0.15, -0.1) is 0 Å². The fourth-order valence-electron chi connectivity index (χ4n) is 2.07. The summed E-state index contributed by atoms with van der Waals surface area (Å²) in [4.78, 5) is 23.9. The first-order valence-electron chi connectivity index (χ1n) is 6.81. The summed E-state index contributed by atoms with van der Waals surface area (Å²) < 4.78 is 11.3. The summed E-state index contributed by atoms with van der Waals surface area (Å²) in [6, 6.07) is 10.2. The van der Waals surface area contributed by atoms with Crippen molar-refractivity contribution in [2.75, 3.05) is 17.4 Å². The topological polar surface area (TPSA) is 76.7 Å². The molecule has 0 atom stereocenters. The highest BCUT2D eigenvalue weighted by atomic mass is 79.9. The largest absolute Gasteiger partial charge is 0.454 e. The second-order valence-electron chi connectivity index (χ2n) is 4.94. The molecule has 2 aromatic rings. The average Bonchev–Trinajstić information content (AvgIpc) is 2.98. The molecule has 0 saturated heterocycles. The minimum absolute atomic E-state index is 0.149. The maximum atomic E-state index is 12.0. The number of carbonyl (C=O) groups excluding carboxylic acids is 2. The van der Waals surface area contributed by atoms with E-state index in [0.717, 1.165) is 10.0 Å². The van der Waals surface area contributed by atoms with Crippen LogP contribution in [-0.2, 0) is 9.59 Å². The predicted octanol–water partition coefficient (Wildman–Crippen LogP) is 3.06. The third kappa shape index (κ3) is 3.45. The van der Waals surface area contributed by atoms with Crippen LogP contribution in [0.15, 0.2) is 40.9 Å². The van der Waals surface area contributed by atoms with E-state index in [4.69, 9.17) is 9.47 Å². The molecule has 0 radical (unpaired) electrons. The van der Waals surface area contributed by atoms with Crippen LogP contribution < -0.4 is 20.1 Å². The van der Waals surface area contributed by atoms with Gasteiger partial charge in [-0.05, 0) is 42.8 Å². The number of hydrogen-bond acceptors (Lipinski definition) is 4. The molecule has 0 spiro atoms. The molecule has 1 aliphatic rings. The molecule has 3 rings (SSSR count). The van der Waals surface area contributed by atoms with E-state index in [0.29, 0.717) is 22.9 Å². The van der Waals surface area contributed by atoms with Crippen LogP contribution in [0.1, 0.15) is 5.56 Å². The second kappa shape index (κ2) is 6.29. The van der Waals surface area contributed by atoms with Gasteiger partial charge in [0.15, 0.2) is 11.5 Å². The van der Waals surface area contributed by atoms with Gasteiger partial charge in [-0.2, -0.15) is 0 Å². The van der Waals surface area contributed by atoms with Gasteiger partial charge in [0.25, 0.3) is 0 Å². The van der Waals surface area contributed by atoms with Crippen molar-refractivity contribution in [3.8, 4) is 11.5 Å². The number of rotatable bonds is 2. The maximum Gasteiger partial charge on any atom is 0.314 e. The number of nitrogens with one attached hydrogen (secondary N) is 2. The number of ether oxygens (including phenoxy) is 2. The quantitative estimate of drug-likeness (QED) is 0.789. The molecule has 0 bridgehead atoms. The van der Waals surface area contributed by atoms with Crippen molar-refractivity contribution >= 4 is 39.1 Å². The lowest BCUT2D eigenvalue weighted by Crippen LogP contribution is -2.29. The Hall–Kier alpha value is -2.54. The lowest BCUT2D eigenvalue weighted by Gasteiger charge is -2.08. The van der Waals surface area contributed by atoms with Crippen molar-refractivity contribution in [3.63, 3.8) is 0 Å². The van der Waals surface area contributed by atoms with E-state index in [-0.39, 0.29) is 6.79 Å². The van der Waals surface area contributed by atoms with Crippen molar-refractivity contribution in [3.05, 3.63) is 46.4 Å². The van der Waals surface area contributed by atoms with Crippen LogP contribution in [0, 0.1) is 6.92 Å². The Labute approximate surface area is 140 Å². The number of hydrogen-bond donors (Lipinski definition) is 2. The van der Waals surface area contributed by atoms with Gasteiger partial charge in [0.1, 0.15) is 0 Å². The number of benzene rings is 2. The summed E-state index contributed by atoms with van der Waals surface area (Å²) >= 11 is 3.38. The van der Waals surface area contributed by atoms with Gasteiger partial charge in [-0.1, -0.05) is 15.9 Å². The zero-order valence-electron chi connectivity index (χ0n) is 12.2. The van der Waals surface area contributed by atoms with Gasteiger partial charge in [0.05, 0.1) is 0 Å². The molecular weight excluding hydrogens is 364 g/mol. The van der Waals surface area contributed by atoms with Gasteiger partial charge in [0, 0.05) is 21.9 Å². The average molecular weight is 377 g/mol. The molecule has 0 aliphatic carbocycles. The Bertz CT molecular complexity index is 792. The Balaban J connectivity index is 1.65. The summed E-state index contributed by atoms with van der Waals surface area (Å²) in [6.45, 7) is 2.04. The first-order valence-corrected chi connectivity index (χ1v) is 7.60. The molecule has 23 heavy (non-hydrogen) atoms. The van der Waals surface area contributed by atoms with E-state index in [1.165, 1.54) is 0 Å². The van der Waals surface area contributed by atoms with E-state index < -0.39 is 11.8 Å². The third-order valence-electron chi connectivity index (χ3n) is 3.25. The fourth-order valence-corrected chi connectivity index (χ4v) is 2.32. The van der Waals surface area contributed by atoms with Crippen molar-refractivity contribution in [1.82, 2.24) is 0 Å². The second-order valence-corrected chi connectivity index (χ2v) is 5.79. The van der Waals surface area contributed by atoms with Crippen molar-refractivity contribution in [2.45, 2.75) is 6.92 Å². The first-order chi connectivity index (χ1) is 11.0. The highest BCUT2D eigenvalue weighted by molar-refractivity contribution is 9.10. The summed E-state index contributed by atoms with van der Waals surface area (Å²) in [5.41, 5.74) is 1.97. The molecular formula is C16H13BrN2O4. The van der Waals surface area contributed by atoms with Gasteiger partial charge in [-0.3, -0.25) is 9.59 Å². The molecule has 118 valence electrons. The number of halogens is 1. The van der Waals surface area contributed by atoms with E-state index >= 15 is 0 Å². The number of aryl methyl sites for hydroxylation is 1. The zero-order valence-corrected chi connectivity index (χ0v) is 13.8. The minimum Gasteiger partial charge on any atom is -0.454 e. The van der Waals surface area contributed by atoms with Gasteiger partial charge in [0.2, 0.25) is 6.79 Å². The first kappa shape index (κ1) is 15.4. The third-order valence-corrected chi connectivity index (χ3v) is 4.14. The van der Waals surface area contributed by atoms with E-state index in [1.807, 2.05) is 6.92 Å². The Morgan fingerprint density at radius 3 is 2.26 bits per heavy atom. The molecule has 0 fully saturated rings. The van der Waals surface area contributed by atoms with Crippen LogP contribution in [0.5, 0.6) is 11.5 Å². The van der Waals surface area contributed by atoms with Crippen LogP contribution in [-0.4, -0.2) is 18.6 Å². The SMILES string of the molecule is Cc1cc(NC(=O)C(=O)Nc2ccc3c(c2)OCO3)ccc1Br. The standard InChI is InChI=1S/C16H13BrN2O4/c1-9-6-10(2-4-12(9)17)18-15(20)16(21)19-11-3-5-13-14(7-11)23-8-22-13/h2-7H,8H2,1H3,(H,18,20)(H,19,21).